The molecule has 3 N–H and O–H groups in total. The molecule has 6 nitrogen and oxygen atoms in total. The molecule has 0 bridgehead atoms. The lowest BCUT2D eigenvalue weighted by Crippen LogP contribution is -2.12. The summed E-state index contributed by atoms with van der Waals surface area (Å²) in [4.78, 5) is 17.2. The lowest BCUT2D eigenvalue weighted by Gasteiger charge is -1.98. The molecule has 0 saturated heterocycles. The van der Waals surface area contributed by atoms with Gasteiger partial charge in [-0.2, -0.15) is 5.10 Å². The molecule has 2 aromatic heterocycles. The van der Waals surface area contributed by atoms with Crippen molar-refractivity contribution in [2.45, 2.75) is 6.92 Å². The maximum atomic E-state index is 12.0. The Morgan fingerprint density at radius 3 is 3.05 bits per heavy atom. The van der Waals surface area contributed by atoms with Crippen molar-refractivity contribution in [3.05, 3.63) is 33.8 Å². The molecule has 0 saturated carbocycles. The molecule has 96 valence electrons. The number of amides is 1. The predicted octanol–water partition coefficient (Wildman–Crippen LogP) is 0.804. The molecule has 2 aromatic rings. The van der Waals surface area contributed by atoms with Crippen molar-refractivity contribution in [1.29, 1.82) is 0 Å². The SMILES string of the molecule is Cc1cc(C(=O)Nc2nccnn2)sc1C#CCN. The van der Waals surface area contributed by atoms with E-state index >= 15 is 0 Å². The number of nitrogens with two attached hydrogens (primary N) is 1. The molecule has 0 spiro atoms. The van der Waals surface area contributed by atoms with Crippen molar-refractivity contribution in [1.82, 2.24) is 15.2 Å². The van der Waals surface area contributed by atoms with Gasteiger partial charge in [-0.05, 0) is 18.6 Å². The molecule has 0 aromatic carbocycles. The van der Waals surface area contributed by atoms with E-state index in [1.54, 1.807) is 6.07 Å². The van der Waals surface area contributed by atoms with Crippen molar-refractivity contribution in [2.24, 2.45) is 5.73 Å². The van der Waals surface area contributed by atoms with Gasteiger partial charge in [-0.3, -0.25) is 10.1 Å². The Bertz CT molecular complexity index is 641. The van der Waals surface area contributed by atoms with Crippen molar-refractivity contribution < 1.29 is 4.79 Å². The van der Waals surface area contributed by atoms with E-state index in [1.165, 1.54) is 23.7 Å². The number of anilines is 1. The first-order valence-electron chi connectivity index (χ1n) is 5.45. The number of aromatic nitrogens is 3. The molecule has 19 heavy (non-hydrogen) atoms. The Morgan fingerprint density at radius 1 is 1.53 bits per heavy atom. The number of carbonyl (C=O) groups excluding carboxylic acids is 1. The van der Waals surface area contributed by atoms with E-state index in [4.69, 9.17) is 5.73 Å². The monoisotopic (exact) mass is 273 g/mol. The average molecular weight is 273 g/mol. The number of nitrogens with one attached hydrogen (secondary N) is 1. The number of rotatable bonds is 2. The van der Waals surface area contributed by atoms with Gasteiger partial charge in [-0.25, -0.2) is 4.98 Å². The van der Waals surface area contributed by atoms with Crippen LogP contribution in [0.15, 0.2) is 18.5 Å². The van der Waals surface area contributed by atoms with E-state index in [0.29, 0.717) is 11.4 Å². The standard InChI is InChI=1S/C12H11N5OS/c1-8-7-10(19-9(8)3-2-4-13)11(18)16-12-14-5-6-15-17-12/h5-7H,4,13H2,1H3,(H,14,16,17,18). The molecule has 7 heteroatoms. The maximum absolute atomic E-state index is 12.0. The lowest BCUT2D eigenvalue weighted by molar-refractivity contribution is 0.102. The summed E-state index contributed by atoms with van der Waals surface area (Å²) in [5, 5.41) is 9.89. The lowest BCUT2D eigenvalue weighted by atomic mass is 10.2. The number of hydrogen-bond acceptors (Lipinski definition) is 6. The Kier molecular flexibility index (Phi) is 4.18. The van der Waals surface area contributed by atoms with Gasteiger partial charge in [0.2, 0.25) is 5.95 Å². The summed E-state index contributed by atoms with van der Waals surface area (Å²) in [6.07, 6.45) is 2.89. The zero-order chi connectivity index (χ0) is 13.7. The Balaban J connectivity index is 2.16. The fourth-order valence-electron chi connectivity index (χ4n) is 1.32. The molecule has 0 aliphatic heterocycles. The van der Waals surface area contributed by atoms with Crippen LogP contribution in [0.1, 0.15) is 20.1 Å². The van der Waals surface area contributed by atoms with Crippen molar-refractivity contribution in [2.75, 3.05) is 11.9 Å². The smallest absolute Gasteiger partial charge is 0.268 e. The van der Waals surface area contributed by atoms with Crippen LogP contribution in [0.25, 0.3) is 0 Å². The van der Waals surface area contributed by atoms with E-state index in [1.807, 2.05) is 6.92 Å². The predicted molar refractivity (Wildman–Crippen MR) is 72.8 cm³/mol. The van der Waals surface area contributed by atoms with Crippen LogP contribution in [0.3, 0.4) is 0 Å². The molecule has 2 heterocycles. The van der Waals surface area contributed by atoms with Gasteiger partial charge in [-0.1, -0.05) is 11.8 Å². The van der Waals surface area contributed by atoms with Crippen LogP contribution in [0.4, 0.5) is 5.95 Å². The van der Waals surface area contributed by atoms with Crippen LogP contribution in [0.2, 0.25) is 0 Å². The maximum Gasteiger partial charge on any atom is 0.268 e. The van der Waals surface area contributed by atoms with Crippen molar-refractivity contribution in [3.8, 4) is 11.8 Å². The highest BCUT2D eigenvalue weighted by molar-refractivity contribution is 7.14. The first-order chi connectivity index (χ1) is 9.20. The summed E-state index contributed by atoms with van der Waals surface area (Å²) in [5.41, 5.74) is 6.27. The van der Waals surface area contributed by atoms with Gasteiger partial charge in [-0.15, -0.1) is 16.4 Å². The highest BCUT2D eigenvalue weighted by Gasteiger charge is 2.12. The van der Waals surface area contributed by atoms with Crippen molar-refractivity contribution in [3.63, 3.8) is 0 Å². The van der Waals surface area contributed by atoms with Crippen LogP contribution in [-0.4, -0.2) is 27.6 Å². The van der Waals surface area contributed by atoms with E-state index < -0.39 is 0 Å². The molecule has 0 radical (unpaired) electrons. The first kappa shape index (κ1) is 13.1. The minimum absolute atomic E-state index is 0.174. The van der Waals surface area contributed by atoms with Gasteiger partial charge in [0.1, 0.15) is 0 Å². The minimum atomic E-state index is -0.276. The Hall–Kier alpha value is -2.30. The summed E-state index contributed by atoms with van der Waals surface area (Å²) in [5.74, 6) is 5.60. The quantitative estimate of drug-likeness (QED) is 0.789. The summed E-state index contributed by atoms with van der Waals surface area (Å²) >= 11 is 1.31. The second-order valence-corrected chi connectivity index (χ2v) is 4.60. The zero-order valence-electron chi connectivity index (χ0n) is 10.2. The normalized spacial score (nSPS) is 9.58. The molecule has 1 amide bonds. The largest absolute Gasteiger partial charge is 0.320 e. The highest BCUT2D eigenvalue weighted by atomic mass is 32.1. The van der Waals surface area contributed by atoms with Gasteiger partial charge >= 0.3 is 0 Å². The molecule has 2 rings (SSSR count). The third-order valence-corrected chi connectivity index (χ3v) is 3.30. The summed E-state index contributed by atoms with van der Waals surface area (Å²) in [7, 11) is 0. The van der Waals surface area contributed by atoms with Crippen LogP contribution in [0.5, 0.6) is 0 Å². The van der Waals surface area contributed by atoms with Crippen LogP contribution < -0.4 is 11.1 Å². The van der Waals surface area contributed by atoms with Gasteiger partial charge in [0.25, 0.3) is 5.91 Å². The highest BCUT2D eigenvalue weighted by Crippen LogP contribution is 2.21. The van der Waals surface area contributed by atoms with E-state index in [-0.39, 0.29) is 11.9 Å². The Labute approximate surface area is 114 Å². The van der Waals surface area contributed by atoms with Gasteiger partial charge in [0, 0.05) is 0 Å². The van der Waals surface area contributed by atoms with Gasteiger partial charge in [0.15, 0.2) is 0 Å². The van der Waals surface area contributed by atoms with Gasteiger partial charge < -0.3 is 5.73 Å². The molecule has 0 aliphatic carbocycles. The molecular formula is C12H11N5OS. The average Bonchev–Trinajstić information content (AvgIpc) is 2.79. The molecular weight excluding hydrogens is 262 g/mol. The second kappa shape index (κ2) is 6.04. The second-order valence-electron chi connectivity index (χ2n) is 3.55. The fourth-order valence-corrected chi connectivity index (χ4v) is 2.26. The number of carbonyl (C=O) groups is 1. The Morgan fingerprint density at radius 2 is 2.37 bits per heavy atom. The molecule has 0 atom stereocenters. The minimum Gasteiger partial charge on any atom is -0.320 e. The third kappa shape index (κ3) is 3.34. The number of aryl methyl sites for hydroxylation is 1. The zero-order valence-corrected chi connectivity index (χ0v) is 11.0. The summed E-state index contributed by atoms with van der Waals surface area (Å²) < 4.78 is 0. The number of thiophene rings is 1. The van der Waals surface area contributed by atoms with Crippen LogP contribution in [-0.2, 0) is 0 Å². The third-order valence-electron chi connectivity index (χ3n) is 2.15. The van der Waals surface area contributed by atoms with Gasteiger partial charge in [0.05, 0.1) is 28.7 Å². The van der Waals surface area contributed by atoms with E-state index in [0.717, 1.165) is 10.4 Å². The fraction of sp³-hybridized carbons (Fsp3) is 0.167. The molecule has 0 unspecified atom stereocenters. The molecule has 0 aliphatic rings. The summed E-state index contributed by atoms with van der Waals surface area (Å²) in [6, 6.07) is 1.77. The number of hydrogen-bond donors (Lipinski definition) is 2. The number of nitrogens with zero attached hydrogens (tertiary/aromatic N) is 3. The van der Waals surface area contributed by atoms with Crippen LogP contribution >= 0.6 is 11.3 Å². The van der Waals surface area contributed by atoms with Crippen molar-refractivity contribution >= 4 is 23.2 Å². The van der Waals surface area contributed by atoms with E-state index in [9.17, 15) is 4.79 Å². The topological polar surface area (TPSA) is 93.8 Å². The van der Waals surface area contributed by atoms with Crippen LogP contribution in [0, 0.1) is 18.8 Å². The summed E-state index contributed by atoms with van der Waals surface area (Å²) in [6.45, 7) is 2.19. The van der Waals surface area contributed by atoms with E-state index in [2.05, 4.69) is 32.3 Å². The first-order valence-corrected chi connectivity index (χ1v) is 6.26. The molecule has 0 fully saturated rings.